The van der Waals surface area contributed by atoms with Crippen molar-refractivity contribution in [2.24, 2.45) is 0 Å². The SMILES string of the molecule is O=C(NCCc1ccccc1)C(=Cc1ccccc1)c1ccccc1. The Morgan fingerprint density at radius 3 is 1.96 bits per heavy atom. The Balaban J connectivity index is 1.75. The minimum Gasteiger partial charge on any atom is -0.352 e. The van der Waals surface area contributed by atoms with Crippen LogP contribution in [0.15, 0.2) is 91.0 Å². The van der Waals surface area contributed by atoms with E-state index in [-0.39, 0.29) is 5.91 Å². The molecule has 3 aromatic rings. The van der Waals surface area contributed by atoms with Crippen molar-refractivity contribution in [3.05, 3.63) is 108 Å². The van der Waals surface area contributed by atoms with Gasteiger partial charge in [0.1, 0.15) is 0 Å². The summed E-state index contributed by atoms with van der Waals surface area (Å²) < 4.78 is 0. The first-order valence-electron chi connectivity index (χ1n) is 8.47. The molecule has 0 fully saturated rings. The Morgan fingerprint density at radius 1 is 0.760 bits per heavy atom. The predicted octanol–water partition coefficient (Wildman–Crippen LogP) is 4.59. The molecule has 0 bridgehead atoms. The van der Waals surface area contributed by atoms with E-state index in [2.05, 4.69) is 17.4 Å². The van der Waals surface area contributed by atoms with E-state index in [4.69, 9.17) is 0 Å². The summed E-state index contributed by atoms with van der Waals surface area (Å²) in [7, 11) is 0. The molecule has 1 N–H and O–H groups in total. The molecular formula is C23H21NO. The molecule has 0 aliphatic rings. The second-order valence-corrected chi connectivity index (χ2v) is 5.83. The summed E-state index contributed by atoms with van der Waals surface area (Å²) in [5, 5.41) is 3.04. The highest BCUT2D eigenvalue weighted by molar-refractivity contribution is 6.24. The third kappa shape index (κ3) is 4.92. The highest BCUT2D eigenvalue weighted by Gasteiger charge is 2.11. The predicted molar refractivity (Wildman–Crippen MR) is 104 cm³/mol. The molecule has 3 rings (SSSR count). The van der Waals surface area contributed by atoms with Gasteiger partial charge in [0.05, 0.1) is 0 Å². The molecule has 0 saturated carbocycles. The van der Waals surface area contributed by atoms with Crippen LogP contribution in [0, 0.1) is 0 Å². The molecule has 0 saturated heterocycles. The van der Waals surface area contributed by atoms with Gasteiger partial charge in [-0.2, -0.15) is 0 Å². The molecule has 0 aliphatic heterocycles. The first-order valence-corrected chi connectivity index (χ1v) is 8.47. The number of nitrogens with one attached hydrogen (secondary N) is 1. The van der Waals surface area contributed by atoms with Crippen LogP contribution in [-0.2, 0) is 11.2 Å². The van der Waals surface area contributed by atoms with Crippen LogP contribution < -0.4 is 5.32 Å². The normalized spacial score (nSPS) is 11.1. The minimum absolute atomic E-state index is 0.0500. The van der Waals surface area contributed by atoms with Crippen LogP contribution in [0.3, 0.4) is 0 Å². The maximum Gasteiger partial charge on any atom is 0.251 e. The highest BCUT2D eigenvalue weighted by atomic mass is 16.1. The molecule has 0 heterocycles. The van der Waals surface area contributed by atoms with Crippen molar-refractivity contribution in [2.75, 3.05) is 6.54 Å². The summed E-state index contributed by atoms with van der Waals surface area (Å²) in [5.41, 5.74) is 3.83. The van der Waals surface area contributed by atoms with Crippen molar-refractivity contribution in [3.8, 4) is 0 Å². The zero-order valence-corrected chi connectivity index (χ0v) is 14.1. The van der Waals surface area contributed by atoms with Crippen LogP contribution in [0.5, 0.6) is 0 Å². The summed E-state index contributed by atoms with van der Waals surface area (Å²) >= 11 is 0. The van der Waals surface area contributed by atoms with Crippen molar-refractivity contribution < 1.29 is 4.79 Å². The van der Waals surface area contributed by atoms with Crippen molar-refractivity contribution in [3.63, 3.8) is 0 Å². The molecule has 0 atom stereocenters. The highest BCUT2D eigenvalue weighted by Crippen LogP contribution is 2.18. The van der Waals surface area contributed by atoms with E-state index in [0.717, 1.165) is 17.5 Å². The van der Waals surface area contributed by atoms with Crippen LogP contribution in [0.1, 0.15) is 16.7 Å². The van der Waals surface area contributed by atoms with Gasteiger partial charge < -0.3 is 5.32 Å². The molecule has 124 valence electrons. The zero-order chi connectivity index (χ0) is 17.3. The van der Waals surface area contributed by atoms with Crippen LogP contribution >= 0.6 is 0 Å². The number of hydrogen-bond acceptors (Lipinski definition) is 1. The largest absolute Gasteiger partial charge is 0.352 e. The van der Waals surface area contributed by atoms with Crippen molar-refractivity contribution >= 4 is 17.6 Å². The van der Waals surface area contributed by atoms with Gasteiger partial charge in [-0.25, -0.2) is 0 Å². The van der Waals surface area contributed by atoms with Crippen LogP contribution in [0.4, 0.5) is 0 Å². The van der Waals surface area contributed by atoms with E-state index >= 15 is 0 Å². The topological polar surface area (TPSA) is 29.1 Å². The van der Waals surface area contributed by atoms with E-state index in [9.17, 15) is 4.79 Å². The number of hydrogen-bond donors (Lipinski definition) is 1. The summed E-state index contributed by atoms with van der Waals surface area (Å²) in [4.78, 5) is 12.8. The second-order valence-electron chi connectivity index (χ2n) is 5.83. The smallest absolute Gasteiger partial charge is 0.251 e. The zero-order valence-electron chi connectivity index (χ0n) is 14.1. The molecule has 0 spiro atoms. The molecule has 0 unspecified atom stereocenters. The van der Waals surface area contributed by atoms with E-state index < -0.39 is 0 Å². The first kappa shape index (κ1) is 16.7. The quantitative estimate of drug-likeness (QED) is 0.521. The lowest BCUT2D eigenvalue weighted by atomic mass is 10.0. The van der Waals surface area contributed by atoms with E-state index in [1.54, 1.807) is 0 Å². The summed E-state index contributed by atoms with van der Waals surface area (Å²) in [5.74, 6) is -0.0500. The van der Waals surface area contributed by atoms with Gasteiger partial charge in [-0.05, 0) is 29.2 Å². The fourth-order valence-corrected chi connectivity index (χ4v) is 2.67. The monoisotopic (exact) mass is 327 g/mol. The molecular weight excluding hydrogens is 306 g/mol. The average molecular weight is 327 g/mol. The van der Waals surface area contributed by atoms with Gasteiger partial charge >= 0.3 is 0 Å². The summed E-state index contributed by atoms with van der Waals surface area (Å²) in [6, 6.07) is 29.9. The third-order valence-corrected chi connectivity index (χ3v) is 3.98. The van der Waals surface area contributed by atoms with Gasteiger partial charge in [-0.3, -0.25) is 4.79 Å². The number of amides is 1. The number of carbonyl (C=O) groups excluding carboxylic acids is 1. The second kappa shape index (κ2) is 8.65. The van der Waals surface area contributed by atoms with Gasteiger partial charge in [-0.1, -0.05) is 91.0 Å². The van der Waals surface area contributed by atoms with Gasteiger partial charge in [-0.15, -0.1) is 0 Å². The minimum atomic E-state index is -0.0500. The number of carbonyl (C=O) groups is 1. The lowest BCUT2D eigenvalue weighted by molar-refractivity contribution is -0.115. The molecule has 1 amide bonds. The molecule has 0 aromatic heterocycles. The fourth-order valence-electron chi connectivity index (χ4n) is 2.67. The maximum atomic E-state index is 12.8. The molecule has 3 aromatic carbocycles. The Labute approximate surface area is 148 Å². The third-order valence-electron chi connectivity index (χ3n) is 3.98. The standard InChI is InChI=1S/C23H21NO/c25-23(24-17-16-19-10-4-1-5-11-19)22(21-14-8-3-9-15-21)18-20-12-6-2-7-13-20/h1-15,18H,16-17H2,(H,24,25). The average Bonchev–Trinajstić information content (AvgIpc) is 2.68. The van der Waals surface area contributed by atoms with E-state index in [0.29, 0.717) is 12.1 Å². The van der Waals surface area contributed by atoms with Gasteiger partial charge in [0.2, 0.25) is 0 Å². The Bertz CT molecular complexity index is 824. The van der Waals surface area contributed by atoms with Crippen LogP contribution in [0.2, 0.25) is 0 Å². The number of benzene rings is 3. The van der Waals surface area contributed by atoms with Gasteiger partial charge in [0, 0.05) is 12.1 Å². The lowest BCUT2D eigenvalue weighted by Crippen LogP contribution is -2.26. The summed E-state index contributed by atoms with van der Waals surface area (Å²) in [6.07, 6.45) is 2.76. The molecule has 2 nitrogen and oxygen atoms in total. The summed E-state index contributed by atoms with van der Waals surface area (Å²) in [6.45, 7) is 0.613. The molecule has 0 aliphatic carbocycles. The fraction of sp³-hybridized carbons (Fsp3) is 0.0870. The maximum absolute atomic E-state index is 12.8. The van der Waals surface area contributed by atoms with E-state index in [1.807, 2.05) is 84.9 Å². The van der Waals surface area contributed by atoms with Crippen LogP contribution in [-0.4, -0.2) is 12.5 Å². The van der Waals surface area contributed by atoms with Crippen LogP contribution in [0.25, 0.3) is 11.6 Å². The number of rotatable bonds is 6. The van der Waals surface area contributed by atoms with Gasteiger partial charge in [0.25, 0.3) is 5.91 Å². The first-order chi connectivity index (χ1) is 12.3. The molecule has 2 heteroatoms. The lowest BCUT2D eigenvalue weighted by Gasteiger charge is -2.10. The van der Waals surface area contributed by atoms with E-state index in [1.165, 1.54) is 5.56 Å². The Hall–Kier alpha value is -3.13. The molecule has 0 radical (unpaired) electrons. The van der Waals surface area contributed by atoms with Crippen molar-refractivity contribution in [1.29, 1.82) is 0 Å². The Kier molecular flexibility index (Phi) is 5.78. The Morgan fingerprint density at radius 2 is 1.32 bits per heavy atom. The van der Waals surface area contributed by atoms with Crippen molar-refractivity contribution in [1.82, 2.24) is 5.32 Å². The molecule has 25 heavy (non-hydrogen) atoms. The van der Waals surface area contributed by atoms with Crippen molar-refractivity contribution in [2.45, 2.75) is 6.42 Å². The van der Waals surface area contributed by atoms with Gasteiger partial charge in [0.15, 0.2) is 0 Å².